The number of nitrogens with two attached hydrogens (primary N) is 1. The Bertz CT molecular complexity index is 477. The first kappa shape index (κ1) is 14.0. The van der Waals surface area contributed by atoms with Crippen molar-refractivity contribution in [1.82, 2.24) is 4.72 Å². The first-order valence-corrected chi connectivity index (χ1v) is 6.71. The van der Waals surface area contributed by atoms with Gasteiger partial charge in [0.05, 0.1) is 5.75 Å². The van der Waals surface area contributed by atoms with Gasteiger partial charge in [-0.2, -0.15) is 0 Å². The second-order valence-electron chi connectivity index (χ2n) is 3.52. The maximum atomic E-state index is 13.2. The van der Waals surface area contributed by atoms with E-state index in [4.69, 9.17) is 5.73 Å². The molecule has 17 heavy (non-hydrogen) atoms. The molecule has 96 valence electrons. The smallest absolute Gasteiger partial charge is 0.211 e. The van der Waals surface area contributed by atoms with Gasteiger partial charge in [0.1, 0.15) is 11.6 Å². The van der Waals surface area contributed by atoms with Crippen LogP contribution in [0.5, 0.6) is 0 Å². The van der Waals surface area contributed by atoms with E-state index in [2.05, 4.69) is 4.72 Å². The number of nitrogens with one attached hydrogen (secondary N) is 1. The molecule has 1 aromatic rings. The topological polar surface area (TPSA) is 72.2 Å². The van der Waals surface area contributed by atoms with Gasteiger partial charge in [0.25, 0.3) is 0 Å². The van der Waals surface area contributed by atoms with Gasteiger partial charge >= 0.3 is 0 Å². The van der Waals surface area contributed by atoms with Crippen LogP contribution < -0.4 is 10.5 Å². The molecule has 3 N–H and O–H groups in total. The Balaban J connectivity index is 2.64. The fourth-order valence-corrected chi connectivity index (χ4v) is 2.28. The third-order valence-electron chi connectivity index (χ3n) is 2.11. The van der Waals surface area contributed by atoms with Crippen molar-refractivity contribution >= 4 is 10.0 Å². The summed E-state index contributed by atoms with van der Waals surface area (Å²) < 4.78 is 50.9. The standard InChI is InChI=1S/C10H14F2N2O2S/c11-9-2-3-10(12)8(6-9)7-14-17(15,16)5-1-4-13/h2-3,6,14H,1,4-5,7,13H2. The van der Waals surface area contributed by atoms with Crippen LogP contribution in [0.4, 0.5) is 8.78 Å². The van der Waals surface area contributed by atoms with Crippen molar-refractivity contribution in [3.63, 3.8) is 0 Å². The van der Waals surface area contributed by atoms with E-state index in [9.17, 15) is 17.2 Å². The molecular weight excluding hydrogens is 250 g/mol. The van der Waals surface area contributed by atoms with Gasteiger partial charge in [0, 0.05) is 12.1 Å². The summed E-state index contributed by atoms with van der Waals surface area (Å²) in [6.07, 6.45) is 0.320. The Kier molecular flexibility index (Phi) is 4.98. The van der Waals surface area contributed by atoms with Gasteiger partial charge < -0.3 is 5.73 Å². The van der Waals surface area contributed by atoms with E-state index in [-0.39, 0.29) is 24.4 Å². The van der Waals surface area contributed by atoms with Gasteiger partial charge in [-0.15, -0.1) is 0 Å². The van der Waals surface area contributed by atoms with Crippen LogP contribution >= 0.6 is 0 Å². The van der Waals surface area contributed by atoms with Crippen molar-refractivity contribution in [1.29, 1.82) is 0 Å². The van der Waals surface area contributed by atoms with Gasteiger partial charge in [-0.25, -0.2) is 21.9 Å². The Labute approximate surface area is 98.9 Å². The van der Waals surface area contributed by atoms with E-state index >= 15 is 0 Å². The molecule has 0 aliphatic carbocycles. The highest BCUT2D eigenvalue weighted by molar-refractivity contribution is 7.89. The zero-order chi connectivity index (χ0) is 12.9. The fourth-order valence-electron chi connectivity index (χ4n) is 1.21. The summed E-state index contributed by atoms with van der Waals surface area (Å²) in [6.45, 7) is -0.00820. The molecular formula is C10H14F2N2O2S. The molecule has 4 nitrogen and oxygen atoms in total. The summed E-state index contributed by atoms with van der Waals surface area (Å²) in [4.78, 5) is 0. The van der Waals surface area contributed by atoms with Crippen LogP contribution in [-0.2, 0) is 16.6 Å². The first-order chi connectivity index (χ1) is 7.94. The van der Waals surface area contributed by atoms with Crippen LogP contribution in [0, 0.1) is 11.6 Å². The molecule has 0 aromatic heterocycles. The maximum Gasteiger partial charge on any atom is 0.211 e. The molecule has 0 saturated carbocycles. The second kappa shape index (κ2) is 6.04. The van der Waals surface area contributed by atoms with Crippen LogP contribution in [0.3, 0.4) is 0 Å². The number of sulfonamides is 1. The molecule has 0 fully saturated rings. The summed E-state index contributed by atoms with van der Waals surface area (Å²) in [6, 6.07) is 2.89. The number of hydrogen-bond donors (Lipinski definition) is 2. The zero-order valence-corrected chi connectivity index (χ0v) is 9.93. The van der Waals surface area contributed by atoms with Crippen LogP contribution in [-0.4, -0.2) is 20.7 Å². The maximum absolute atomic E-state index is 13.2. The molecule has 0 saturated heterocycles. The van der Waals surface area contributed by atoms with Gasteiger partial charge in [0.2, 0.25) is 10.0 Å². The van der Waals surface area contributed by atoms with Crippen molar-refractivity contribution in [2.75, 3.05) is 12.3 Å². The molecule has 1 rings (SSSR count). The van der Waals surface area contributed by atoms with E-state index in [1.54, 1.807) is 0 Å². The van der Waals surface area contributed by atoms with Crippen molar-refractivity contribution in [3.8, 4) is 0 Å². The monoisotopic (exact) mass is 264 g/mol. The summed E-state index contributed by atoms with van der Waals surface area (Å²) >= 11 is 0. The van der Waals surface area contributed by atoms with E-state index in [1.165, 1.54) is 0 Å². The number of halogens is 2. The molecule has 0 aliphatic heterocycles. The minimum atomic E-state index is -3.49. The van der Waals surface area contributed by atoms with Crippen LogP contribution in [0.15, 0.2) is 18.2 Å². The highest BCUT2D eigenvalue weighted by atomic mass is 32.2. The minimum Gasteiger partial charge on any atom is -0.330 e. The highest BCUT2D eigenvalue weighted by Crippen LogP contribution is 2.09. The average molecular weight is 264 g/mol. The van der Waals surface area contributed by atoms with Crippen molar-refractivity contribution in [2.24, 2.45) is 5.73 Å². The zero-order valence-electron chi connectivity index (χ0n) is 9.12. The van der Waals surface area contributed by atoms with Crippen molar-refractivity contribution in [3.05, 3.63) is 35.4 Å². The number of rotatable bonds is 6. The fraction of sp³-hybridized carbons (Fsp3) is 0.400. The largest absolute Gasteiger partial charge is 0.330 e. The van der Waals surface area contributed by atoms with E-state index in [0.29, 0.717) is 6.42 Å². The van der Waals surface area contributed by atoms with Crippen molar-refractivity contribution in [2.45, 2.75) is 13.0 Å². The third kappa shape index (κ3) is 4.76. The van der Waals surface area contributed by atoms with Gasteiger partial charge in [0.15, 0.2) is 0 Å². The quantitative estimate of drug-likeness (QED) is 0.795. The lowest BCUT2D eigenvalue weighted by Crippen LogP contribution is -2.27. The summed E-state index contributed by atoms with van der Waals surface area (Å²) in [5.74, 6) is -1.38. The minimum absolute atomic E-state index is 0.0266. The lowest BCUT2D eigenvalue weighted by Gasteiger charge is -2.07. The number of benzene rings is 1. The Morgan fingerprint density at radius 3 is 2.65 bits per heavy atom. The average Bonchev–Trinajstić information content (AvgIpc) is 2.28. The predicted octanol–water partition coefficient (Wildman–Crippen LogP) is 0.733. The lowest BCUT2D eigenvalue weighted by molar-refractivity contribution is 0.565. The Morgan fingerprint density at radius 2 is 2.00 bits per heavy atom. The van der Waals surface area contributed by atoms with Gasteiger partial charge in [-0.05, 0) is 31.2 Å². The SMILES string of the molecule is NCCCS(=O)(=O)NCc1cc(F)ccc1F. The lowest BCUT2D eigenvalue weighted by atomic mass is 10.2. The molecule has 0 amide bonds. The normalized spacial score (nSPS) is 11.7. The molecule has 0 radical (unpaired) electrons. The Hall–Kier alpha value is -1.05. The van der Waals surface area contributed by atoms with Gasteiger partial charge in [-0.1, -0.05) is 0 Å². The van der Waals surface area contributed by atoms with E-state index in [0.717, 1.165) is 18.2 Å². The van der Waals surface area contributed by atoms with Crippen LogP contribution in [0.25, 0.3) is 0 Å². The van der Waals surface area contributed by atoms with E-state index in [1.807, 2.05) is 0 Å². The molecule has 1 aromatic carbocycles. The summed E-state index contributed by atoms with van der Waals surface area (Å²) in [5.41, 5.74) is 5.16. The summed E-state index contributed by atoms with van der Waals surface area (Å²) in [7, 11) is -3.49. The molecule has 7 heteroatoms. The Morgan fingerprint density at radius 1 is 1.29 bits per heavy atom. The van der Waals surface area contributed by atoms with Crippen LogP contribution in [0.2, 0.25) is 0 Å². The third-order valence-corrected chi connectivity index (χ3v) is 3.52. The number of hydrogen-bond acceptors (Lipinski definition) is 3. The highest BCUT2D eigenvalue weighted by Gasteiger charge is 2.11. The second-order valence-corrected chi connectivity index (χ2v) is 5.44. The molecule has 0 heterocycles. The molecule has 0 spiro atoms. The molecule has 0 bridgehead atoms. The van der Waals surface area contributed by atoms with Crippen LogP contribution in [0.1, 0.15) is 12.0 Å². The van der Waals surface area contributed by atoms with E-state index < -0.39 is 21.7 Å². The molecule has 0 unspecified atom stereocenters. The molecule has 0 aliphatic rings. The molecule has 0 atom stereocenters. The predicted molar refractivity (Wildman–Crippen MR) is 60.7 cm³/mol. The van der Waals surface area contributed by atoms with Crippen molar-refractivity contribution < 1.29 is 17.2 Å². The summed E-state index contributed by atoms with van der Waals surface area (Å²) in [5, 5.41) is 0. The van der Waals surface area contributed by atoms with Gasteiger partial charge in [-0.3, -0.25) is 0 Å². The first-order valence-electron chi connectivity index (χ1n) is 5.06.